The summed E-state index contributed by atoms with van der Waals surface area (Å²) in [5.41, 5.74) is 2.03. The Morgan fingerprint density at radius 1 is 1.17 bits per heavy atom. The van der Waals surface area contributed by atoms with Crippen molar-refractivity contribution in [3.05, 3.63) is 29.8 Å². The van der Waals surface area contributed by atoms with Crippen LogP contribution in [0.25, 0.3) is 0 Å². The van der Waals surface area contributed by atoms with E-state index in [1.54, 1.807) is 4.90 Å². The molecule has 1 saturated heterocycles. The Kier molecular flexibility index (Phi) is 4.66. The van der Waals surface area contributed by atoms with Crippen LogP contribution in [0.5, 0.6) is 0 Å². The molecule has 3 atom stereocenters. The number of nitrogens with one attached hydrogen (secondary N) is 1. The van der Waals surface area contributed by atoms with Crippen LogP contribution in [-0.2, 0) is 9.59 Å². The second-order valence-corrected chi connectivity index (χ2v) is 6.63. The van der Waals surface area contributed by atoms with Crippen LogP contribution in [0, 0.1) is 12.8 Å². The zero-order valence-electron chi connectivity index (χ0n) is 13.5. The molecule has 3 unspecified atom stereocenters. The van der Waals surface area contributed by atoms with Gasteiger partial charge in [0.05, 0.1) is 12.0 Å². The van der Waals surface area contributed by atoms with Gasteiger partial charge in [0.25, 0.3) is 0 Å². The van der Waals surface area contributed by atoms with Gasteiger partial charge >= 0.3 is 0 Å². The molecule has 1 aliphatic heterocycles. The third kappa shape index (κ3) is 3.39. The molecule has 5 heteroatoms. The summed E-state index contributed by atoms with van der Waals surface area (Å²) in [6.07, 6.45) is 3.20. The minimum absolute atomic E-state index is 0.0547. The van der Waals surface area contributed by atoms with Gasteiger partial charge < -0.3 is 15.3 Å². The van der Waals surface area contributed by atoms with Crippen molar-refractivity contribution in [2.75, 3.05) is 11.4 Å². The monoisotopic (exact) mass is 316 g/mol. The zero-order chi connectivity index (χ0) is 16.4. The van der Waals surface area contributed by atoms with Crippen molar-refractivity contribution in [2.45, 2.75) is 51.2 Å². The first kappa shape index (κ1) is 16.0. The molecule has 2 aliphatic rings. The molecule has 0 radical (unpaired) electrons. The lowest BCUT2D eigenvalue weighted by atomic mass is 10.0. The third-order valence-electron chi connectivity index (χ3n) is 4.92. The number of aliphatic hydroxyl groups is 1. The first-order chi connectivity index (χ1) is 11.1. The van der Waals surface area contributed by atoms with E-state index in [9.17, 15) is 14.7 Å². The molecule has 23 heavy (non-hydrogen) atoms. The van der Waals surface area contributed by atoms with E-state index in [0.717, 1.165) is 24.1 Å². The van der Waals surface area contributed by atoms with Crippen LogP contribution in [0.4, 0.5) is 5.69 Å². The molecule has 1 aromatic rings. The topological polar surface area (TPSA) is 69.6 Å². The Hall–Kier alpha value is -1.88. The van der Waals surface area contributed by atoms with Gasteiger partial charge in [-0.3, -0.25) is 9.59 Å². The smallest absolute Gasteiger partial charge is 0.249 e. The Bertz CT molecular complexity index is 584. The van der Waals surface area contributed by atoms with Crippen LogP contribution in [0.2, 0.25) is 0 Å². The number of nitrogens with zero attached hydrogens (tertiary/aromatic N) is 1. The van der Waals surface area contributed by atoms with Crippen LogP contribution in [0.3, 0.4) is 0 Å². The highest BCUT2D eigenvalue weighted by Crippen LogP contribution is 2.27. The molecule has 5 nitrogen and oxygen atoms in total. The van der Waals surface area contributed by atoms with Gasteiger partial charge in [-0.15, -0.1) is 0 Å². The summed E-state index contributed by atoms with van der Waals surface area (Å²) in [6.45, 7) is 2.69. The number of benzene rings is 1. The molecular weight excluding hydrogens is 292 g/mol. The fraction of sp³-hybridized carbons (Fsp3) is 0.556. The lowest BCUT2D eigenvalue weighted by Crippen LogP contribution is -2.54. The average molecular weight is 316 g/mol. The van der Waals surface area contributed by atoms with Gasteiger partial charge in [0, 0.05) is 12.2 Å². The number of hydrogen-bond acceptors (Lipinski definition) is 3. The summed E-state index contributed by atoms with van der Waals surface area (Å²) in [7, 11) is 0. The van der Waals surface area contributed by atoms with Crippen LogP contribution in [-0.4, -0.2) is 35.6 Å². The van der Waals surface area contributed by atoms with Gasteiger partial charge in [-0.1, -0.05) is 17.7 Å². The summed E-state index contributed by atoms with van der Waals surface area (Å²) in [5.74, 6) is -0.599. The highest BCUT2D eigenvalue weighted by molar-refractivity contribution is 6.00. The van der Waals surface area contributed by atoms with Crippen molar-refractivity contribution >= 4 is 17.5 Å². The molecule has 2 fully saturated rings. The minimum Gasteiger partial charge on any atom is -0.392 e. The van der Waals surface area contributed by atoms with Gasteiger partial charge in [0.15, 0.2) is 0 Å². The molecule has 1 aliphatic carbocycles. The summed E-state index contributed by atoms with van der Waals surface area (Å²) >= 11 is 0. The molecule has 1 saturated carbocycles. The molecular formula is C18H24N2O3. The second kappa shape index (κ2) is 6.71. The van der Waals surface area contributed by atoms with Crippen LogP contribution < -0.4 is 10.2 Å². The van der Waals surface area contributed by atoms with Crippen LogP contribution in [0.15, 0.2) is 24.3 Å². The number of rotatable bonds is 3. The summed E-state index contributed by atoms with van der Waals surface area (Å²) in [4.78, 5) is 26.8. The first-order valence-electron chi connectivity index (χ1n) is 8.43. The number of aryl methyl sites for hydroxylation is 1. The summed E-state index contributed by atoms with van der Waals surface area (Å²) in [5, 5.41) is 12.7. The Balaban J connectivity index is 1.67. The molecule has 2 N–H and O–H groups in total. The van der Waals surface area contributed by atoms with Crippen LogP contribution >= 0.6 is 0 Å². The van der Waals surface area contributed by atoms with Crippen molar-refractivity contribution in [3.63, 3.8) is 0 Å². The van der Waals surface area contributed by atoms with E-state index in [4.69, 9.17) is 0 Å². The van der Waals surface area contributed by atoms with Crippen molar-refractivity contribution in [1.82, 2.24) is 5.32 Å². The molecule has 1 heterocycles. The maximum Gasteiger partial charge on any atom is 0.249 e. The van der Waals surface area contributed by atoms with Crippen molar-refractivity contribution in [1.29, 1.82) is 0 Å². The van der Waals surface area contributed by atoms with Gasteiger partial charge in [-0.25, -0.2) is 0 Å². The van der Waals surface area contributed by atoms with E-state index in [-0.39, 0.29) is 17.7 Å². The standard InChI is InChI=1S/C18H24N2O3/c1-12-7-9-13(10-8-12)20-11-3-5-15(18(20)23)19-17(22)14-4-2-6-16(14)21/h7-10,14-16,21H,2-6,11H2,1H3,(H,19,22). The average Bonchev–Trinajstić information content (AvgIpc) is 2.97. The second-order valence-electron chi connectivity index (χ2n) is 6.63. The van der Waals surface area contributed by atoms with E-state index in [0.29, 0.717) is 25.8 Å². The summed E-state index contributed by atoms with van der Waals surface area (Å²) < 4.78 is 0. The number of aliphatic hydroxyl groups excluding tert-OH is 1. The molecule has 3 rings (SSSR count). The molecule has 1 aromatic carbocycles. The normalized spacial score (nSPS) is 28.0. The van der Waals surface area contributed by atoms with E-state index in [1.807, 2.05) is 31.2 Å². The maximum atomic E-state index is 12.7. The van der Waals surface area contributed by atoms with Crippen LogP contribution in [0.1, 0.15) is 37.7 Å². The number of carbonyl (C=O) groups is 2. The van der Waals surface area contributed by atoms with Gasteiger partial charge in [-0.2, -0.15) is 0 Å². The summed E-state index contributed by atoms with van der Waals surface area (Å²) in [6, 6.07) is 7.38. The fourth-order valence-corrected chi connectivity index (χ4v) is 3.52. The molecule has 0 aromatic heterocycles. The number of carbonyl (C=O) groups excluding carboxylic acids is 2. The van der Waals surface area contributed by atoms with E-state index < -0.39 is 12.1 Å². The van der Waals surface area contributed by atoms with Crippen molar-refractivity contribution in [3.8, 4) is 0 Å². The number of anilines is 1. The molecule has 0 spiro atoms. The van der Waals surface area contributed by atoms with E-state index >= 15 is 0 Å². The number of amides is 2. The Labute approximate surface area is 136 Å². The Morgan fingerprint density at radius 2 is 1.91 bits per heavy atom. The molecule has 2 amide bonds. The van der Waals surface area contributed by atoms with Crippen molar-refractivity contribution in [2.24, 2.45) is 5.92 Å². The minimum atomic E-state index is -0.568. The number of piperidine rings is 1. The lowest BCUT2D eigenvalue weighted by molar-refractivity contribution is -0.132. The number of hydrogen-bond donors (Lipinski definition) is 2. The van der Waals surface area contributed by atoms with E-state index in [2.05, 4.69) is 5.32 Å². The predicted octanol–water partition coefficient (Wildman–Crippen LogP) is 1.77. The lowest BCUT2D eigenvalue weighted by Gasteiger charge is -2.33. The molecule has 124 valence electrons. The highest BCUT2D eigenvalue weighted by Gasteiger charge is 2.36. The largest absolute Gasteiger partial charge is 0.392 e. The maximum absolute atomic E-state index is 12.7. The first-order valence-corrected chi connectivity index (χ1v) is 8.43. The third-order valence-corrected chi connectivity index (χ3v) is 4.92. The fourth-order valence-electron chi connectivity index (χ4n) is 3.52. The quantitative estimate of drug-likeness (QED) is 0.893. The van der Waals surface area contributed by atoms with Gasteiger partial charge in [0.1, 0.15) is 6.04 Å². The van der Waals surface area contributed by atoms with Crippen molar-refractivity contribution < 1.29 is 14.7 Å². The predicted molar refractivity (Wildman–Crippen MR) is 88.0 cm³/mol. The van der Waals surface area contributed by atoms with Gasteiger partial charge in [0.2, 0.25) is 11.8 Å². The SMILES string of the molecule is Cc1ccc(N2CCCC(NC(=O)C3CCCC3O)C2=O)cc1. The van der Waals surface area contributed by atoms with Gasteiger partial charge in [-0.05, 0) is 51.2 Å². The Morgan fingerprint density at radius 3 is 2.57 bits per heavy atom. The molecule has 0 bridgehead atoms. The zero-order valence-corrected chi connectivity index (χ0v) is 13.5. The highest BCUT2D eigenvalue weighted by atomic mass is 16.3. The van der Waals surface area contributed by atoms with E-state index in [1.165, 1.54) is 0 Å².